The molecule has 0 bridgehead atoms. The van der Waals surface area contributed by atoms with Gasteiger partial charge in [0.15, 0.2) is 5.78 Å². The van der Waals surface area contributed by atoms with Crippen molar-refractivity contribution in [3.63, 3.8) is 0 Å². The highest BCUT2D eigenvalue weighted by atomic mass is 16.5. The molecule has 17 heteroatoms. The van der Waals surface area contributed by atoms with Crippen LogP contribution in [0.5, 0.6) is 0 Å². The zero-order chi connectivity index (χ0) is 45.2. The first-order valence-corrected chi connectivity index (χ1v) is 22.8. The molecule has 0 heterocycles. The Balaban J connectivity index is 3.65. The maximum Gasteiger partial charge on any atom is 0.326 e. The third-order valence-electron chi connectivity index (χ3n) is 10.1. The van der Waals surface area contributed by atoms with Crippen molar-refractivity contribution in [1.82, 2.24) is 16.0 Å². The quantitative estimate of drug-likeness (QED) is 0.0450. The molecule has 0 fully saturated rings. The van der Waals surface area contributed by atoms with Gasteiger partial charge in [-0.3, -0.25) is 28.8 Å². The van der Waals surface area contributed by atoms with Crippen LogP contribution < -0.4 is 21.7 Å². The highest BCUT2D eigenvalue weighted by Gasteiger charge is 2.21. The normalized spacial score (nSPS) is 12.1. The van der Waals surface area contributed by atoms with Crippen molar-refractivity contribution in [2.75, 3.05) is 66.4 Å². The van der Waals surface area contributed by atoms with E-state index in [1.807, 2.05) is 0 Å². The van der Waals surface area contributed by atoms with Crippen molar-refractivity contribution >= 4 is 41.2 Å². The van der Waals surface area contributed by atoms with Gasteiger partial charge in [0.05, 0.1) is 39.1 Å². The van der Waals surface area contributed by atoms with E-state index in [2.05, 4.69) is 16.0 Å². The molecule has 2 atom stereocenters. The summed E-state index contributed by atoms with van der Waals surface area (Å²) in [5, 5.41) is 26.3. The van der Waals surface area contributed by atoms with Crippen LogP contribution in [0.3, 0.4) is 0 Å². The fourth-order valence-electron chi connectivity index (χ4n) is 6.46. The Morgan fingerprint density at radius 3 is 1.52 bits per heavy atom. The van der Waals surface area contributed by atoms with Crippen LogP contribution in [0.2, 0.25) is 0 Å². The number of nitrogens with one attached hydrogen (secondary N) is 3. The van der Waals surface area contributed by atoms with Gasteiger partial charge in [0.25, 0.3) is 0 Å². The summed E-state index contributed by atoms with van der Waals surface area (Å²) in [4.78, 5) is 81.9. The number of likely N-dealkylation sites (N-methyl/N-ethyl adjacent to an activating group) is 1. The van der Waals surface area contributed by atoms with E-state index in [0.717, 1.165) is 57.8 Å². The van der Waals surface area contributed by atoms with E-state index < -0.39 is 18.0 Å². The molecular formula is C44H80N4O13. The highest BCUT2D eigenvalue weighted by Crippen LogP contribution is 2.14. The van der Waals surface area contributed by atoms with Crippen molar-refractivity contribution in [3.05, 3.63) is 0 Å². The number of rotatable bonds is 47. The summed E-state index contributed by atoms with van der Waals surface area (Å²) in [6, 6.07) is -1.44. The summed E-state index contributed by atoms with van der Waals surface area (Å²) < 4.78 is 21.5. The van der Waals surface area contributed by atoms with E-state index >= 15 is 0 Å². The second-order valence-corrected chi connectivity index (χ2v) is 15.5. The summed E-state index contributed by atoms with van der Waals surface area (Å²) in [6.07, 6.45) is 19.9. The lowest BCUT2D eigenvalue weighted by Gasteiger charge is -2.14. The number of Topliss-reactive ketones (excluding diaryl/α,β-unsaturated/α-hetero) is 2. The third kappa shape index (κ3) is 40.3. The van der Waals surface area contributed by atoms with E-state index in [1.54, 1.807) is 7.05 Å². The number of carboxylic acid groups (broad SMARTS) is 2. The molecule has 61 heavy (non-hydrogen) atoms. The highest BCUT2D eigenvalue weighted by molar-refractivity contribution is 5.85. The summed E-state index contributed by atoms with van der Waals surface area (Å²) in [5.41, 5.74) is 5.29. The number of carboxylic acids is 2. The van der Waals surface area contributed by atoms with Crippen molar-refractivity contribution in [3.8, 4) is 0 Å². The van der Waals surface area contributed by atoms with Gasteiger partial charge < -0.3 is 50.8 Å². The smallest absolute Gasteiger partial charge is 0.326 e. The first kappa shape index (κ1) is 57.5. The van der Waals surface area contributed by atoms with Gasteiger partial charge in [0.1, 0.15) is 25.0 Å². The number of primary amides is 1. The molecule has 0 aliphatic carbocycles. The van der Waals surface area contributed by atoms with Gasteiger partial charge in [-0.15, -0.1) is 0 Å². The lowest BCUT2D eigenvalue weighted by Crippen LogP contribution is -2.41. The number of hydrogen-bond donors (Lipinski definition) is 6. The van der Waals surface area contributed by atoms with Gasteiger partial charge in [-0.1, -0.05) is 89.9 Å². The van der Waals surface area contributed by atoms with Crippen LogP contribution in [0.15, 0.2) is 0 Å². The van der Waals surface area contributed by atoms with Crippen LogP contribution >= 0.6 is 0 Å². The van der Waals surface area contributed by atoms with Gasteiger partial charge >= 0.3 is 11.9 Å². The number of amides is 3. The summed E-state index contributed by atoms with van der Waals surface area (Å²) in [7, 11) is 1.69. The van der Waals surface area contributed by atoms with Crippen LogP contribution in [0.1, 0.15) is 161 Å². The van der Waals surface area contributed by atoms with E-state index in [1.165, 1.54) is 44.9 Å². The zero-order valence-corrected chi connectivity index (χ0v) is 37.2. The minimum Gasteiger partial charge on any atom is -0.481 e. The lowest BCUT2D eigenvalue weighted by atomic mass is 10.0. The molecule has 0 aromatic carbocycles. The Kier molecular flexibility index (Phi) is 39.4. The molecule has 0 saturated carbocycles. The summed E-state index contributed by atoms with van der Waals surface area (Å²) >= 11 is 0. The molecule has 7 N–H and O–H groups in total. The predicted molar refractivity (Wildman–Crippen MR) is 231 cm³/mol. The number of aliphatic carboxylic acids is 2. The number of carbonyl (C=O) groups excluding carboxylic acids is 5. The van der Waals surface area contributed by atoms with Gasteiger partial charge in [0.2, 0.25) is 17.7 Å². The molecule has 0 aliphatic rings. The molecule has 0 radical (unpaired) electrons. The number of hydrogen-bond acceptors (Lipinski definition) is 12. The lowest BCUT2D eigenvalue weighted by molar-refractivity contribution is -0.142. The van der Waals surface area contributed by atoms with Crippen LogP contribution in [-0.2, 0) is 52.5 Å². The number of nitrogens with two attached hydrogens (primary N) is 1. The molecule has 354 valence electrons. The number of unbranched alkanes of at least 4 members (excludes halogenated alkanes) is 15. The largest absolute Gasteiger partial charge is 0.481 e. The van der Waals surface area contributed by atoms with Crippen molar-refractivity contribution in [2.45, 2.75) is 173 Å². The molecule has 0 aromatic rings. The Hall–Kier alpha value is -3.51. The second kappa shape index (κ2) is 41.8. The fraction of sp³-hybridized carbons (Fsp3) is 0.841. The molecular weight excluding hydrogens is 792 g/mol. The average molecular weight is 873 g/mol. The maximum absolute atomic E-state index is 12.3. The third-order valence-corrected chi connectivity index (χ3v) is 10.1. The molecule has 0 aliphatic heterocycles. The molecule has 0 saturated heterocycles. The predicted octanol–water partition coefficient (Wildman–Crippen LogP) is 4.79. The fourth-order valence-corrected chi connectivity index (χ4v) is 6.46. The van der Waals surface area contributed by atoms with Crippen molar-refractivity contribution in [1.29, 1.82) is 0 Å². The number of carbonyl (C=O) groups is 7. The average Bonchev–Trinajstić information content (AvgIpc) is 3.22. The SMILES string of the molecule is CN[C@@H](CCCCCC(=O)COCCOCCNC(=O)COCCOCCCC(=O)CC[C@H](NC(=O)CCCCCCCCCCCCCCCCC(=O)O)C(=O)O)C(N)=O. The van der Waals surface area contributed by atoms with Crippen LogP contribution in [0.4, 0.5) is 0 Å². The standard InChI is InChI=1S/C44H80N4O13/c1-46-38(43(45)55)22-16-14-15-20-37(50)34-60-32-31-59-29-27-47-41(52)35-61-33-30-58-28-19-21-36(49)25-26-39(44(56)57)48-40(51)23-17-12-10-8-6-4-2-3-5-7-9-11-13-18-24-42(53)54/h38-39,46H,2-35H2,1H3,(H2,45,55)(H,47,52)(H,48,51)(H,53,54)(H,56,57)/t38-,39-/m0/s1. The Morgan fingerprint density at radius 2 is 0.967 bits per heavy atom. The second-order valence-electron chi connectivity index (χ2n) is 15.5. The van der Waals surface area contributed by atoms with E-state index in [0.29, 0.717) is 38.8 Å². The van der Waals surface area contributed by atoms with Crippen LogP contribution in [0, 0.1) is 0 Å². The summed E-state index contributed by atoms with van der Waals surface area (Å²) in [6.45, 7) is 1.75. The Morgan fingerprint density at radius 1 is 0.475 bits per heavy atom. The molecule has 0 aromatic heterocycles. The molecule has 0 rings (SSSR count). The van der Waals surface area contributed by atoms with E-state index in [4.69, 9.17) is 29.8 Å². The maximum atomic E-state index is 12.3. The van der Waals surface area contributed by atoms with Gasteiger partial charge in [-0.05, 0) is 45.6 Å². The molecule has 0 spiro atoms. The molecule has 17 nitrogen and oxygen atoms in total. The first-order valence-electron chi connectivity index (χ1n) is 22.8. The van der Waals surface area contributed by atoms with Gasteiger partial charge in [-0.25, -0.2) is 4.79 Å². The summed E-state index contributed by atoms with van der Waals surface area (Å²) in [5.74, 6) is -2.95. The van der Waals surface area contributed by atoms with Gasteiger partial charge in [-0.2, -0.15) is 0 Å². The van der Waals surface area contributed by atoms with Crippen molar-refractivity contribution in [2.24, 2.45) is 5.73 Å². The Labute approximate surface area is 364 Å². The van der Waals surface area contributed by atoms with E-state index in [-0.39, 0.29) is 114 Å². The Bertz CT molecular complexity index is 1190. The van der Waals surface area contributed by atoms with Crippen LogP contribution in [-0.4, -0.2) is 130 Å². The minimum atomic E-state index is -1.16. The molecule has 3 amide bonds. The molecule has 0 unspecified atom stereocenters. The number of ether oxygens (including phenoxy) is 4. The van der Waals surface area contributed by atoms with Crippen LogP contribution in [0.25, 0.3) is 0 Å². The monoisotopic (exact) mass is 873 g/mol. The van der Waals surface area contributed by atoms with E-state index in [9.17, 15) is 38.7 Å². The number of ketones is 2. The zero-order valence-electron chi connectivity index (χ0n) is 37.2. The van der Waals surface area contributed by atoms with Gasteiger partial charge in [0, 0.05) is 45.3 Å². The minimum absolute atomic E-state index is 0.00855. The van der Waals surface area contributed by atoms with Crippen molar-refractivity contribution < 1.29 is 62.7 Å². The topological polar surface area (TPSA) is 259 Å². The first-order chi connectivity index (χ1) is 29.5.